The zero-order valence-electron chi connectivity index (χ0n) is 28.1. The summed E-state index contributed by atoms with van der Waals surface area (Å²) in [5.41, 5.74) is 15.7. The minimum absolute atomic E-state index is 0.198. The number of hydrogen-bond acceptors (Lipinski definition) is 18. The van der Waals surface area contributed by atoms with E-state index in [0.29, 0.717) is 67.4 Å². The van der Waals surface area contributed by atoms with Crippen molar-refractivity contribution < 1.29 is 19.1 Å². The lowest BCUT2D eigenvalue weighted by atomic mass is 10.3. The molecule has 0 spiro atoms. The Balaban J connectivity index is 0.000000167. The van der Waals surface area contributed by atoms with E-state index in [0.717, 1.165) is 29.1 Å². The fourth-order valence-corrected chi connectivity index (χ4v) is 9.73. The molecule has 16 nitrogen and oxygen atoms in total. The van der Waals surface area contributed by atoms with Crippen LogP contribution in [0.25, 0.3) is 42.8 Å². The molecule has 0 atom stereocenters. The number of nitrogen functional groups attached to an aromatic ring is 2. The van der Waals surface area contributed by atoms with Crippen LogP contribution in [0, 0.1) is 0 Å². The number of hydrogen-bond donors (Lipinski definition) is 2. The summed E-state index contributed by atoms with van der Waals surface area (Å²) >= 11 is 18.2. The van der Waals surface area contributed by atoms with Gasteiger partial charge in [-0.1, -0.05) is 35.3 Å². The molecule has 8 rings (SSSR count). The predicted octanol–water partition coefficient (Wildman–Crippen LogP) is 6.77. The van der Waals surface area contributed by atoms with Crippen LogP contribution >= 0.6 is 69.4 Å². The van der Waals surface area contributed by atoms with Gasteiger partial charge in [0.15, 0.2) is 53.0 Å². The van der Waals surface area contributed by atoms with E-state index in [9.17, 15) is 9.59 Å². The Hall–Kier alpha value is -4.86. The summed E-state index contributed by atoms with van der Waals surface area (Å²) in [5.74, 6) is -0.104. The third-order valence-corrected chi connectivity index (χ3v) is 12.5. The Kier molecular flexibility index (Phi) is 11.3. The number of nitrogens with two attached hydrogens (primary N) is 2. The summed E-state index contributed by atoms with van der Waals surface area (Å²) in [6.45, 7) is 3.91. The van der Waals surface area contributed by atoms with Crippen molar-refractivity contribution in [3.05, 3.63) is 59.1 Å². The number of aromatic nitrogens is 10. The summed E-state index contributed by atoms with van der Waals surface area (Å²) in [4.78, 5) is 57.0. The Labute approximate surface area is 331 Å². The first-order valence-corrected chi connectivity index (χ1v) is 19.7. The van der Waals surface area contributed by atoms with E-state index < -0.39 is 0 Å². The maximum Gasteiger partial charge on any atom is 0.302 e. The number of anilines is 2. The van der Waals surface area contributed by atoms with E-state index in [1.807, 2.05) is 45.5 Å². The molecule has 0 bridgehead atoms. The van der Waals surface area contributed by atoms with Crippen LogP contribution in [-0.2, 0) is 32.2 Å². The normalized spacial score (nSPS) is 11.3. The van der Waals surface area contributed by atoms with Crippen LogP contribution in [0.4, 0.5) is 11.6 Å². The molecule has 22 heteroatoms. The van der Waals surface area contributed by atoms with Crippen LogP contribution in [0.2, 0.25) is 10.0 Å². The number of halogens is 2. The van der Waals surface area contributed by atoms with Gasteiger partial charge in [-0.2, -0.15) is 0 Å². The summed E-state index contributed by atoms with van der Waals surface area (Å²) in [5, 5.41) is 2.60. The van der Waals surface area contributed by atoms with Gasteiger partial charge < -0.3 is 20.9 Å². The highest BCUT2D eigenvalue weighted by Crippen LogP contribution is 2.39. The van der Waals surface area contributed by atoms with Gasteiger partial charge in [0.25, 0.3) is 0 Å². The number of rotatable bonds is 10. The molecular formula is C32H26Cl2N12O4S4. The molecule has 6 heterocycles. The maximum absolute atomic E-state index is 11.1. The van der Waals surface area contributed by atoms with Crippen molar-refractivity contribution in [2.24, 2.45) is 0 Å². The monoisotopic (exact) mass is 840 g/mol. The lowest BCUT2D eigenvalue weighted by Gasteiger charge is -2.07. The van der Waals surface area contributed by atoms with Gasteiger partial charge in [-0.05, 0) is 47.8 Å². The van der Waals surface area contributed by atoms with Crippen molar-refractivity contribution in [1.82, 2.24) is 49.0 Å². The number of thiazole rings is 2. The molecule has 276 valence electrons. The Morgan fingerprint density at radius 2 is 1.11 bits per heavy atom. The molecule has 0 unspecified atom stereocenters. The molecular weight excluding hydrogens is 816 g/mol. The molecule has 0 radical (unpaired) electrons. The molecule has 8 aromatic rings. The summed E-state index contributed by atoms with van der Waals surface area (Å²) in [7, 11) is 0. The molecule has 0 aliphatic carbocycles. The van der Waals surface area contributed by atoms with Crippen LogP contribution in [0.15, 0.2) is 68.0 Å². The maximum atomic E-state index is 11.1. The van der Waals surface area contributed by atoms with Crippen molar-refractivity contribution >= 4 is 136 Å². The fourth-order valence-electron chi connectivity index (χ4n) is 5.02. The van der Waals surface area contributed by atoms with Crippen molar-refractivity contribution in [3.63, 3.8) is 0 Å². The molecule has 2 aromatic carbocycles. The lowest BCUT2D eigenvalue weighted by Crippen LogP contribution is -2.10. The quantitative estimate of drug-likeness (QED) is 0.136. The van der Waals surface area contributed by atoms with E-state index in [1.54, 1.807) is 0 Å². The van der Waals surface area contributed by atoms with Crippen molar-refractivity contribution in [3.8, 4) is 0 Å². The first-order chi connectivity index (χ1) is 26.0. The number of esters is 2. The summed E-state index contributed by atoms with van der Waals surface area (Å²) in [6, 6.07) is 11.2. The molecule has 4 N–H and O–H groups in total. The number of carbonyl (C=O) groups excluding carboxylic acids is 2. The molecule has 0 saturated carbocycles. The van der Waals surface area contributed by atoms with Gasteiger partial charge in [0.1, 0.15) is 25.9 Å². The zero-order valence-corrected chi connectivity index (χ0v) is 32.9. The molecule has 54 heavy (non-hydrogen) atoms. The van der Waals surface area contributed by atoms with Crippen LogP contribution in [-0.4, -0.2) is 74.2 Å². The van der Waals surface area contributed by atoms with Gasteiger partial charge in [0.2, 0.25) is 0 Å². The number of benzene rings is 2. The number of carbonyl (C=O) groups is 2. The second-order valence-electron chi connectivity index (χ2n) is 11.0. The van der Waals surface area contributed by atoms with Crippen LogP contribution in [0.5, 0.6) is 0 Å². The van der Waals surface area contributed by atoms with Gasteiger partial charge in [0, 0.05) is 13.8 Å². The number of fused-ring (bicyclic) bond motifs is 4. The van der Waals surface area contributed by atoms with Crippen LogP contribution < -0.4 is 11.5 Å². The van der Waals surface area contributed by atoms with Gasteiger partial charge in [-0.25, -0.2) is 39.9 Å². The highest BCUT2D eigenvalue weighted by atomic mass is 35.5. The summed E-state index contributed by atoms with van der Waals surface area (Å²) < 4.78 is 17.2. The van der Waals surface area contributed by atoms with Crippen LogP contribution in [0.1, 0.15) is 13.8 Å². The van der Waals surface area contributed by atoms with Crippen LogP contribution in [0.3, 0.4) is 0 Å². The predicted molar refractivity (Wildman–Crippen MR) is 210 cm³/mol. The second kappa shape index (κ2) is 16.2. The Bertz CT molecular complexity index is 2500. The number of imidazole rings is 2. The third kappa shape index (κ3) is 8.12. The zero-order chi connectivity index (χ0) is 37.9. The number of nitrogens with zero attached hydrogens (tertiary/aromatic N) is 10. The first kappa shape index (κ1) is 37.5. The van der Waals surface area contributed by atoms with Crippen molar-refractivity contribution in [2.75, 3.05) is 24.7 Å². The average molecular weight is 842 g/mol. The second-order valence-corrected chi connectivity index (χ2v) is 16.2. The standard InChI is InChI=1S/2C16H13ClN6O2S2/c2*1-8(24)25-6-5-23-14-11(13(18)19-7-20-14)22-15(23)27-16-21-10-4-2-3-9(17)12(10)26-16/h2*2-4,7H,5-6H2,1H3,(H2,18,19,20). The van der Waals surface area contributed by atoms with E-state index in [2.05, 4.69) is 39.9 Å². The Morgan fingerprint density at radius 3 is 1.50 bits per heavy atom. The fraction of sp³-hybridized carbons (Fsp3) is 0.188. The highest BCUT2D eigenvalue weighted by molar-refractivity contribution is 8.01. The minimum Gasteiger partial charge on any atom is -0.464 e. The third-order valence-electron chi connectivity index (χ3n) is 7.34. The minimum atomic E-state index is -0.344. The SMILES string of the molecule is CC(=O)OCCn1c(Sc2nc3cccc(Cl)c3s2)nc2c(N)ncnc21.CC(=O)OCCn1c(Sc2nc3cccc(Cl)c3s2)nc2c(N)ncnc21. The van der Waals surface area contributed by atoms with Crippen molar-refractivity contribution in [2.45, 2.75) is 45.9 Å². The first-order valence-electron chi connectivity index (χ1n) is 15.7. The topological polar surface area (TPSA) is 218 Å². The molecule has 0 amide bonds. The smallest absolute Gasteiger partial charge is 0.302 e. The van der Waals surface area contributed by atoms with Gasteiger partial charge in [0.05, 0.1) is 43.6 Å². The van der Waals surface area contributed by atoms with E-state index >= 15 is 0 Å². The molecule has 0 aliphatic rings. The van der Waals surface area contributed by atoms with Crippen molar-refractivity contribution in [1.29, 1.82) is 0 Å². The largest absolute Gasteiger partial charge is 0.464 e. The van der Waals surface area contributed by atoms with Gasteiger partial charge >= 0.3 is 11.9 Å². The molecule has 6 aromatic heterocycles. The van der Waals surface area contributed by atoms with Gasteiger partial charge in [-0.3, -0.25) is 18.7 Å². The molecule has 0 fully saturated rings. The Morgan fingerprint density at radius 1 is 0.685 bits per heavy atom. The summed E-state index contributed by atoms with van der Waals surface area (Å²) in [6.07, 6.45) is 2.77. The molecule has 0 aliphatic heterocycles. The lowest BCUT2D eigenvalue weighted by molar-refractivity contribution is -0.142. The van der Waals surface area contributed by atoms with E-state index in [4.69, 9.17) is 44.1 Å². The average Bonchev–Trinajstić information content (AvgIpc) is 3.91. The molecule has 0 saturated heterocycles. The van der Waals surface area contributed by atoms with E-state index in [1.165, 1.54) is 72.7 Å². The number of ether oxygens (including phenoxy) is 2. The van der Waals surface area contributed by atoms with E-state index in [-0.39, 0.29) is 25.2 Å². The van der Waals surface area contributed by atoms with Gasteiger partial charge in [-0.15, -0.1) is 22.7 Å². The highest BCUT2D eigenvalue weighted by Gasteiger charge is 2.20.